The normalized spacial score (nSPS) is 11.0. The summed E-state index contributed by atoms with van der Waals surface area (Å²) in [7, 11) is 1.69. The van der Waals surface area contributed by atoms with Crippen molar-refractivity contribution in [1.82, 2.24) is 9.55 Å². The molecule has 0 aliphatic heterocycles. The van der Waals surface area contributed by atoms with E-state index in [0.29, 0.717) is 0 Å². The molecular formula is C25H25ClN2O. The summed E-state index contributed by atoms with van der Waals surface area (Å²) in [6.07, 6.45) is 6.13. The zero-order valence-electron chi connectivity index (χ0n) is 16.9. The van der Waals surface area contributed by atoms with Crippen LogP contribution in [0.25, 0.3) is 23.1 Å². The second kappa shape index (κ2) is 8.97. The Labute approximate surface area is 178 Å². The lowest BCUT2D eigenvalue weighted by molar-refractivity contribution is 0.414. The van der Waals surface area contributed by atoms with Crippen LogP contribution < -0.4 is 4.74 Å². The topological polar surface area (TPSA) is 27.1 Å². The van der Waals surface area contributed by atoms with Gasteiger partial charge in [0.1, 0.15) is 5.75 Å². The standard InChI is InChI=1S/C25H24N2O.ClH/c1-18-19(2)27(17-21-9-12-22(28-3)13-10-21)25-23(18)15-16-26-24(25)14-11-20-7-5-4-6-8-20;/h4-16H,17H2,1-3H3;1H. The van der Waals surface area contributed by atoms with Crippen LogP contribution in [0.4, 0.5) is 0 Å². The van der Waals surface area contributed by atoms with E-state index < -0.39 is 0 Å². The molecule has 0 unspecified atom stereocenters. The summed E-state index contributed by atoms with van der Waals surface area (Å²) in [6.45, 7) is 5.18. The highest BCUT2D eigenvalue weighted by atomic mass is 35.5. The lowest BCUT2D eigenvalue weighted by atomic mass is 10.1. The fourth-order valence-electron chi connectivity index (χ4n) is 3.59. The maximum absolute atomic E-state index is 5.28. The predicted molar refractivity (Wildman–Crippen MR) is 124 cm³/mol. The Morgan fingerprint density at radius 1 is 0.931 bits per heavy atom. The van der Waals surface area contributed by atoms with E-state index >= 15 is 0 Å². The first-order valence-electron chi connectivity index (χ1n) is 9.48. The molecule has 2 aromatic carbocycles. The molecule has 0 aliphatic carbocycles. The Balaban J connectivity index is 0.00000240. The molecule has 0 amide bonds. The summed E-state index contributed by atoms with van der Waals surface area (Å²) >= 11 is 0. The van der Waals surface area contributed by atoms with Gasteiger partial charge in [-0.3, -0.25) is 4.98 Å². The predicted octanol–water partition coefficient (Wildman–Crippen LogP) is 6.30. The van der Waals surface area contributed by atoms with Gasteiger partial charge in [0.15, 0.2) is 0 Å². The van der Waals surface area contributed by atoms with Gasteiger partial charge in [-0.2, -0.15) is 0 Å². The molecule has 0 bridgehead atoms. The maximum atomic E-state index is 5.28. The highest BCUT2D eigenvalue weighted by molar-refractivity contribution is 5.92. The average molecular weight is 405 g/mol. The molecule has 2 aromatic heterocycles. The second-order valence-electron chi connectivity index (χ2n) is 6.98. The fraction of sp³-hybridized carbons (Fsp3) is 0.160. The van der Waals surface area contributed by atoms with Gasteiger partial charge in [-0.25, -0.2) is 0 Å². The van der Waals surface area contributed by atoms with Crippen LogP contribution in [-0.2, 0) is 6.54 Å². The zero-order chi connectivity index (χ0) is 19.5. The van der Waals surface area contributed by atoms with Crippen LogP contribution in [0.2, 0.25) is 0 Å². The molecule has 148 valence electrons. The van der Waals surface area contributed by atoms with Crippen molar-refractivity contribution in [2.24, 2.45) is 0 Å². The van der Waals surface area contributed by atoms with Gasteiger partial charge in [-0.15, -0.1) is 12.4 Å². The number of ether oxygens (including phenoxy) is 1. The minimum Gasteiger partial charge on any atom is -0.497 e. The van der Waals surface area contributed by atoms with Gasteiger partial charge in [0.25, 0.3) is 0 Å². The average Bonchev–Trinajstić information content (AvgIpc) is 2.99. The molecule has 3 nitrogen and oxygen atoms in total. The first-order chi connectivity index (χ1) is 13.7. The van der Waals surface area contributed by atoms with Crippen molar-refractivity contribution in [2.45, 2.75) is 20.4 Å². The van der Waals surface area contributed by atoms with Crippen molar-refractivity contribution in [2.75, 3.05) is 7.11 Å². The van der Waals surface area contributed by atoms with Crippen molar-refractivity contribution in [3.05, 3.63) is 94.9 Å². The lowest BCUT2D eigenvalue weighted by Gasteiger charge is -2.11. The highest BCUT2D eigenvalue weighted by Gasteiger charge is 2.14. The number of hydrogen-bond acceptors (Lipinski definition) is 2. The SMILES string of the molecule is COc1ccc(Cn2c(C)c(C)c3ccnc(C=Cc4ccccc4)c32)cc1.Cl. The van der Waals surface area contributed by atoms with Crippen LogP contribution in [0.3, 0.4) is 0 Å². The van der Waals surface area contributed by atoms with Crippen molar-refractivity contribution in [3.63, 3.8) is 0 Å². The molecule has 0 fully saturated rings. The van der Waals surface area contributed by atoms with Crippen LogP contribution in [-0.4, -0.2) is 16.7 Å². The number of benzene rings is 2. The monoisotopic (exact) mass is 404 g/mol. The van der Waals surface area contributed by atoms with Gasteiger partial charge in [0, 0.05) is 23.8 Å². The van der Waals surface area contributed by atoms with E-state index in [2.05, 4.69) is 65.9 Å². The molecule has 2 heterocycles. The van der Waals surface area contributed by atoms with Crippen LogP contribution in [0, 0.1) is 13.8 Å². The van der Waals surface area contributed by atoms with Gasteiger partial charge >= 0.3 is 0 Å². The van der Waals surface area contributed by atoms with E-state index in [1.807, 2.05) is 36.5 Å². The van der Waals surface area contributed by atoms with Gasteiger partial charge < -0.3 is 9.30 Å². The van der Waals surface area contributed by atoms with Crippen molar-refractivity contribution in [1.29, 1.82) is 0 Å². The Kier molecular flexibility index (Phi) is 6.40. The Hall–Kier alpha value is -3.04. The molecule has 0 N–H and O–H groups in total. The molecule has 0 radical (unpaired) electrons. The summed E-state index contributed by atoms with van der Waals surface area (Å²) in [4.78, 5) is 4.68. The number of rotatable bonds is 5. The number of methoxy groups -OCH3 is 1. The number of hydrogen-bond donors (Lipinski definition) is 0. The lowest BCUT2D eigenvalue weighted by Crippen LogP contribution is -2.03. The molecule has 29 heavy (non-hydrogen) atoms. The van der Waals surface area contributed by atoms with E-state index in [1.54, 1.807) is 7.11 Å². The quantitative estimate of drug-likeness (QED) is 0.390. The molecule has 0 saturated carbocycles. The van der Waals surface area contributed by atoms with Crippen LogP contribution >= 0.6 is 12.4 Å². The molecule has 4 rings (SSSR count). The van der Waals surface area contributed by atoms with E-state index in [-0.39, 0.29) is 12.4 Å². The number of pyridine rings is 1. The van der Waals surface area contributed by atoms with Gasteiger partial charge in [0.2, 0.25) is 0 Å². The minimum atomic E-state index is 0. The van der Waals surface area contributed by atoms with Crippen LogP contribution in [0.1, 0.15) is 28.1 Å². The molecule has 0 atom stereocenters. The Morgan fingerprint density at radius 3 is 2.34 bits per heavy atom. The fourth-order valence-corrected chi connectivity index (χ4v) is 3.59. The number of halogens is 1. The Bertz CT molecular complexity index is 1130. The largest absolute Gasteiger partial charge is 0.497 e. The van der Waals surface area contributed by atoms with Crippen molar-refractivity contribution < 1.29 is 4.74 Å². The first-order valence-corrected chi connectivity index (χ1v) is 9.48. The smallest absolute Gasteiger partial charge is 0.118 e. The van der Waals surface area contributed by atoms with Gasteiger partial charge in [0.05, 0.1) is 18.3 Å². The maximum Gasteiger partial charge on any atom is 0.118 e. The number of aryl methyl sites for hydroxylation is 1. The third kappa shape index (κ3) is 4.20. The summed E-state index contributed by atoms with van der Waals surface area (Å²) < 4.78 is 7.65. The molecular weight excluding hydrogens is 380 g/mol. The first kappa shape index (κ1) is 20.7. The van der Waals surface area contributed by atoms with Gasteiger partial charge in [-0.05, 0) is 54.8 Å². The third-order valence-electron chi connectivity index (χ3n) is 5.31. The third-order valence-corrected chi connectivity index (χ3v) is 5.31. The molecule has 0 saturated heterocycles. The van der Waals surface area contributed by atoms with Crippen molar-refractivity contribution in [3.8, 4) is 5.75 Å². The van der Waals surface area contributed by atoms with Crippen LogP contribution in [0.15, 0.2) is 66.9 Å². The van der Waals surface area contributed by atoms with E-state index in [9.17, 15) is 0 Å². The highest BCUT2D eigenvalue weighted by Crippen LogP contribution is 2.29. The summed E-state index contributed by atoms with van der Waals surface area (Å²) in [5.74, 6) is 0.877. The van der Waals surface area contributed by atoms with E-state index in [4.69, 9.17) is 4.74 Å². The van der Waals surface area contributed by atoms with E-state index in [0.717, 1.165) is 18.0 Å². The minimum absolute atomic E-state index is 0. The number of nitrogens with zero attached hydrogens (tertiary/aromatic N) is 2. The molecule has 4 heteroatoms. The second-order valence-corrected chi connectivity index (χ2v) is 6.98. The zero-order valence-corrected chi connectivity index (χ0v) is 17.7. The number of fused-ring (bicyclic) bond motifs is 1. The summed E-state index contributed by atoms with van der Waals surface area (Å²) in [5, 5.41) is 1.26. The van der Waals surface area contributed by atoms with Crippen molar-refractivity contribution >= 4 is 35.5 Å². The summed E-state index contributed by atoms with van der Waals surface area (Å²) in [6, 6.07) is 20.7. The van der Waals surface area contributed by atoms with Gasteiger partial charge in [-0.1, -0.05) is 48.5 Å². The molecule has 0 aliphatic rings. The summed E-state index contributed by atoms with van der Waals surface area (Å²) in [5.41, 5.74) is 7.16. The molecule has 0 spiro atoms. The van der Waals surface area contributed by atoms with E-state index in [1.165, 1.54) is 33.3 Å². The molecule has 4 aromatic rings. The Morgan fingerprint density at radius 2 is 1.66 bits per heavy atom. The van der Waals surface area contributed by atoms with Crippen LogP contribution in [0.5, 0.6) is 5.75 Å². The number of aromatic nitrogens is 2.